The van der Waals surface area contributed by atoms with Gasteiger partial charge in [0.2, 0.25) is 0 Å². The zero-order valence-electron chi connectivity index (χ0n) is 11.3. The highest BCUT2D eigenvalue weighted by atomic mass is 79.9. The summed E-state index contributed by atoms with van der Waals surface area (Å²) >= 11 is 3.65. The molecule has 104 valence electrons. The maximum Gasteiger partial charge on any atom is 0.0863 e. The first-order chi connectivity index (χ1) is 9.34. The van der Waals surface area contributed by atoms with Crippen LogP contribution in [0.15, 0.2) is 28.9 Å². The first kappa shape index (κ1) is 14.6. The predicted octanol–water partition coefficient (Wildman–Crippen LogP) is 3.18. The monoisotopic (exact) mass is 324 g/mol. The van der Waals surface area contributed by atoms with E-state index in [9.17, 15) is 0 Å². The number of H-pyrrole nitrogens is 1. The van der Waals surface area contributed by atoms with Crippen molar-refractivity contribution in [2.75, 3.05) is 26.7 Å². The number of aliphatic hydroxyl groups excluding tert-OH is 1. The molecule has 0 amide bonds. The van der Waals surface area contributed by atoms with Gasteiger partial charge in [0.1, 0.15) is 0 Å². The quantitative estimate of drug-likeness (QED) is 0.910. The Bertz CT molecular complexity index is 518. The van der Waals surface area contributed by atoms with Crippen LogP contribution in [0.4, 0.5) is 0 Å². The molecule has 3 nitrogen and oxygen atoms in total. The largest absolute Gasteiger partial charge is 0.400 e. The second-order valence-electron chi connectivity index (χ2n) is 4.76. The lowest BCUT2D eigenvalue weighted by Crippen LogP contribution is -2.21. The van der Waals surface area contributed by atoms with E-state index >= 15 is 0 Å². The Morgan fingerprint density at radius 2 is 1.89 bits per heavy atom. The van der Waals surface area contributed by atoms with E-state index in [1.807, 2.05) is 0 Å². The van der Waals surface area contributed by atoms with Crippen molar-refractivity contribution < 1.29 is 5.11 Å². The Balaban J connectivity index is 0.000000637. The number of hydrogen-bond acceptors (Lipinski definition) is 2. The molecule has 1 aromatic carbocycles. The average molecular weight is 325 g/mol. The van der Waals surface area contributed by atoms with Gasteiger partial charge in [-0.2, -0.15) is 0 Å². The van der Waals surface area contributed by atoms with Crippen LogP contribution in [0.1, 0.15) is 18.4 Å². The number of benzene rings is 1. The van der Waals surface area contributed by atoms with Crippen LogP contribution >= 0.6 is 15.9 Å². The van der Waals surface area contributed by atoms with E-state index in [4.69, 9.17) is 5.11 Å². The Hall–Kier alpha value is -0.840. The molecule has 2 heterocycles. The molecule has 0 aliphatic carbocycles. The van der Waals surface area contributed by atoms with Gasteiger partial charge in [-0.1, -0.05) is 18.2 Å². The summed E-state index contributed by atoms with van der Waals surface area (Å²) in [6.07, 6.45) is 3.87. The number of aliphatic hydroxyl groups is 1. The van der Waals surface area contributed by atoms with Crippen LogP contribution in [0.5, 0.6) is 0 Å². The zero-order chi connectivity index (χ0) is 13.7. The standard InChI is InChI=1S/C14H17BrN2.CH4O/c15-14-12(7-10-17-8-3-4-9-17)11-5-1-2-6-13(11)16-14;1-2/h1-2,5-6,16H,3-4,7-10H2;2H,1H3. The molecule has 4 heteroatoms. The minimum atomic E-state index is 1.00. The van der Waals surface area contributed by atoms with Gasteiger partial charge in [-0.05, 0) is 59.9 Å². The third-order valence-electron chi connectivity index (χ3n) is 3.64. The van der Waals surface area contributed by atoms with E-state index < -0.39 is 0 Å². The van der Waals surface area contributed by atoms with Crippen LogP contribution in [-0.2, 0) is 6.42 Å². The molecule has 19 heavy (non-hydrogen) atoms. The number of fused-ring (bicyclic) bond motifs is 1. The second kappa shape index (κ2) is 7.08. The van der Waals surface area contributed by atoms with E-state index in [0.29, 0.717) is 0 Å². The maximum atomic E-state index is 7.00. The average Bonchev–Trinajstić information content (AvgIpc) is 3.06. The third-order valence-corrected chi connectivity index (χ3v) is 4.32. The highest BCUT2D eigenvalue weighted by molar-refractivity contribution is 9.10. The van der Waals surface area contributed by atoms with Crippen molar-refractivity contribution in [1.82, 2.24) is 9.88 Å². The second-order valence-corrected chi connectivity index (χ2v) is 5.55. The molecular formula is C15H21BrN2O. The highest BCUT2D eigenvalue weighted by Gasteiger charge is 2.14. The van der Waals surface area contributed by atoms with Gasteiger partial charge in [0, 0.05) is 24.6 Å². The fourth-order valence-electron chi connectivity index (χ4n) is 2.69. The molecule has 0 saturated carbocycles. The Morgan fingerprint density at radius 3 is 2.63 bits per heavy atom. The van der Waals surface area contributed by atoms with Crippen LogP contribution in [0.25, 0.3) is 10.9 Å². The summed E-state index contributed by atoms with van der Waals surface area (Å²) in [5.74, 6) is 0. The van der Waals surface area contributed by atoms with Crippen LogP contribution in [0, 0.1) is 0 Å². The van der Waals surface area contributed by atoms with Crippen molar-refractivity contribution in [2.24, 2.45) is 0 Å². The molecule has 1 saturated heterocycles. The topological polar surface area (TPSA) is 39.3 Å². The number of para-hydroxylation sites is 1. The number of aromatic nitrogens is 1. The van der Waals surface area contributed by atoms with E-state index in [0.717, 1.165) is 18.1 Å². The summed E-state index contributed by atoms with van der Waals surface area (Å²) in [4.78, 5) is 5.96. The van der Waals surface area contributed by atoms with E-state index in [1.54, 1.807) is 0 Å². The van der Waals surface area contributed by atoms with Crippen molar-refractivity contribution in [3.63, 3.8) is 0 Å². The van der Waals surface area contributed by atoms with Crippen LogP contribution in [0.3, 0.4) is 0 Å². The molecule has 1 aliphatic rings. The van der Waals surface area contributed by atoms with Crippen molar-refractivity contribution >= 4 is 26.8 Å². The molecule has 0 spiro atoms. The number of halogens is 1. The fraction of sp³-hybridized carbons (Fsp3) is 0.467. The van der Waals surface area contributed by atoms with Gasteiger partial charge >= 0.3 is 0 Å². The van der Waals surface area contributed by atoms with Gasteiger partial charge < -0.3 is 15.0 Å². The number of hydrogen-bond donors (Lipinski definition) is 2. The molecule has 3 rings (SSSR count). The summed E-state index contributed by atoms with van der Waals surface area (Å²) in [5, 5.41) is 8.36. The normalized spacial score (nSPS) is 15.5. The molecule has 1 fully saturated rings. The van der Waals surface area contributed by atoms with Gasteiger partial charge in [0.25, 0.3) is 0 Å². The first-order valence-electron chi connectivity index (χ1n) is 6.77. The molecule has 0 atom stereocenters. The Morgan fingerprint density at radius 1 is 1.21 bits per heavy atom. The van der Waals surface area contributed by atoms with Crippen LogP contribution in [-0.4, -0.2) is 41.7 Å². The van der Waals surface area contributed by atoms with Crippen LogP contribution in [0.2, 0.25) is 0 Å². The van der Waals surface area contributed by atoms with Gasteiger partial charge in [0.05, 0.1) is 4.60 Å². The SMILES string of the molecule is Brc1[nH]c2ccccc2c1CCN1CCCC1.CO. The minimum absolute atomic E-state index is 1.00. The Kier molecular flexibility index (Phi) is 5.43. The summed E-state index contributed by atoms with van der Waals surface area (Å²) < 4.78 is 1.15. The van der Waals surface area contributed by atoms with Crippen LogP contribution < -0.4 is 0 Å². The molecule has 0 radical (unpaired) electrons. The fourth-order valence-corrected chi connectivity index (χ4v) is 3.31. The molecular weight excluding hydrogens is 304 g/mol. The Labute approximate surface area is 122 Å². The third kappa shape index (κ3) is 3.38. The van der Waals surface area contributed by atoms with Gasteiger partial charge in [-0.3, -0.25) is 0 Å². The predicted molar refractivity (Wildman–Crippen MR) is 83.5 cm³/mol. The van der Waals surface area contributed by atoms with E-state index in [-0.39, 0.29) is 0 Å². The zero-order valence-corrected chi connectivity index (χ0v) is 12.9. The molecule has 2 N–H and O–H groups in total. The molecule has 1 aromatic heterocycles. The number of nitrogens with one attached hydrogen (secondary N) is 1. The van der Waals surface area contributed by atoms with Gasteiger partial charge in [-0.15, -0.1) is 0 Å². The lowest BCUT2D eigenvalue weighted by atomic mass is 10.1. The smallest absolute Gasteiger partial charge is 0.0863 e. The van der Waals surface area contributed by atoms with Crippen molar-refractivity contribution in [2.45, 2.75) is 19.3 Å². The van der Waals surface area contributed by atoms with Gasteiger partial charge in [-0.25, -0.2) is 0 Å². The van der Waals surface area contributed by atoms with Gasteiger partial charge in [0.15, 0.2) is 0 Å². The highest BCUT2D eigenvalue weighted by Crippen LogP contribution is 2.27. The molecule has 2 aromatic rings. The molecule has 1 aliphatic heterocycles. The van der Waals surface area contributed by atoms with Crippen molar-refractivity contribution in [3.8, 4) is 0 Å². The number of likely N-dealkylation sites (tertiary alicyclic amines) is 1. The lowest BCUT2D eigenvalue weighted by Gasteiger charge is -2.13. The van der Waals surface area contributed by atoms with Crippen molar-refractivity contribution in [3.05, 3.63) is 34.4 Å². The summed E-state index contributed by atoms with van der Waals surface area (Å²) in [6, 6.07) is 8.53. The summed E-state index contributed by atoms with van der Waals surface area (Å²) in [6.45, 7) is 3.74. The number of aromatic amines is 1. The summed E-state index contributed by atoms with van der Waals surface area (Å²) in [5.41, 5.74) is 2.66. The van der Waals surface area contributed by atoms with E-state index in [1.165, 1.54) is 48.9 Å². The molecule has 0 unspecified atom stereocenters. The number of rotatable bonds is 3. The lowest BCUT2D eigenvalue weighted by molar-refractivity contribution is 0.343. The number of nitrogens with zero attached hydrogens (tertiary/aromatic N) is 1. The first-order valence-corrected chi connectivity index (χ1v) is 7.56. The maximum absolute atomic E-state index is 7.00. The minimum Gasteiger partial charge on any atom is -0.400 e. The van der Waals surface area contributed by atoms with E-state index in [2.05, 4.69) is 50.1 Å². The molecule has 0 bridgehead atoms. The van der Waals surface area contributed by atoms with Crippen molar-refractivity contribution in [1.29, 1.82) is 0 Å². The summed E-state index contributed by atoms with van der Waals surface area (Å²) in [7, 11) is 1.00.